The summed E-state index contributed by atoms with van der Waals surface area (Å²) < 4.78 is 37.8. The summed E-state index contributed by atoms with van der Waals surface area (Å²) in [5.74, 6) is 0. The maximum Gasteiger partial charge on any atom is 0.411 e. The molecule has 0 amide bonds. The van der Waals surface area contributed by atoms with Crippen LogP contribution in [0.5, 0.6) is 0 Å². The molecule has 0 aliphatic carbocycles. The van der Waals surface area contributed by atoms with Crippen LogP contribution in [0.15, 0.2) is 12.7 Å². The van der Waals surface area contributed by atoms with Gasteiger partial charge < -0.3 is 4.74 Å². The number of halogens is 3. The molecule has 0 spiro atoms. The van der Waals surface area contributed by atoms with Crippen LogP contribution in [0.3, 0.4) is 0 Å². The van der Waals surface area contributed by atoms with Crippen molar-refractivity contribution in [3.05, 3.63) is 12.7 Å². The van der Waals surface area contributed by atoms with E-state index in [1.807, 2.05) is 0 Å². The summed E-state index contributed by atoms with van der Waals surface area (Å²) in [6, 6.07) is 0. The summed E-state index contributed by atoms with van der Waals surface area (Å²) in [5, 5.41) is 0. The molecule has 0 N–H and O–H groups in total. The molecule has 0 radical (unpaired) electrons. The van der Waals surface area contributed by atoms with Gasteiger partial charge in [-0.3, -0.25) is 0 Å². The van der Waals surface area contributed by atoms with Gasteiger partial charge in [-0.2, -0.15) is 13.2 Å². The van der Waals surface area contributed by atoms with Crippen LogP contribution in [0.25, 0.3) is 0 Å². The number of hydrogen-bond donors (Lipinski definition) is 0. The van der Waals surface area contributed by atoms with Gasteiger partial charge in [-0.05, 0) is 0 Å². The highest BCUT2D eigenvalue weighted by Gasteiger charge is 2.26. The zero-order chi connectivity index (χ0) is 7.33. The molecule has 1 nitrogen and oxygen atoms in total. The van der Waals surface area contributed by atoms with E-state index in [4.69, 9.17) is 0 Å². The summed E-state index contributed by atoms with van der Waals surface area (Å²) in [6.07, 6.45) is -2.95. The molecule has 0 rings (SSSR count). The van der Waals surface area contributed by atoms with E-state index in [0.717, 1.165) is 0 Å². The molecule has 0 heterocycles. The summed E-state index contributed by atoms with van der Waals surface area (Å²) in [7, 11) is 0. The Kier molecular flexibility index (Phi) is 3.30. The second kappa shape index (κ2) is 3.50. The van der Waals surface area contributed by atoms with E-state index in [-0.39, 0.29) is 6.61 Å². The number of ether oxygens (including phenoxy) is 1. The maximum absolute atomic E-state index is 11.2. The van der Waals surface area contributed by atoms with Gasteiger partial charge in [-0.1, -0.05) is 6.08 Å². The topological polar surface area (TPSA) is 9.23 Å². The van der Waals surface area contributed by atoms with E-state index in [2.05, 4.69) is 11.3 Å². The molecular weight excluding hydrogens is 133 g/mol. The smallest absolute Gasteiger partial charge is 0.368 e. The van der Waals surface area contributed by atoms with E-state index < -0.39 is 12.8 Å². The molecule has 0 saturated carbocycles. The normalized spacial score (nSPS) is 11.4. The van der Waals surface area contributed by atoms with Crippen LogP contribution >= 0.6 is 0 Å². The minimum absolute atomic E-state index is 0.0560. The lowest BCUT2D eigenvalue weighted by atomic mass is 10.6. The minimum Gasteiger partial charge on any atom is -0.368 e. The first kappa shape index (κ1) is 8.49. The number of alkyl halides is 3. The summed E-state index contributed by atoms with van der Waals surface area (Å²) in [6.45, 7) is 1.94. The molecule has 0 aliphatic rings. The largest absolute Gasteiger partial charge is 0.411 e. The Morgan fingerprint density at radius 3 is 2.33 bits per heavy atom. The van der Waals surface area contributed by atoms with Gasteiger partial charge in [0.15, 0.2) is 0 Å². The summed E-state index contributed by atoms with van der Waals surface area (Å²) in [4.78, 5) is 0. The molecule has 0 unspecified atom stereocenters. The van der Waals surface area contributed by atoms with Crippen molar-refractivity contribution >= 4 is 0 Å². The average molecular weight is 140 g/mol. The van der Waals surface area contributed by atoms with Gasteiger partial charge in [0.25, 0.3) is 0 Å². The van der Waals surface area contributed by atoms with Crippen LogP contribution in [0.4, 0.5) is 13.2 Å². The van der Waals surface area contributed by atoms with Gasteiger partial charge in [0.1, 0.15) is 6.61 Å². The number of hydrogen-bond acceptors (Lipinski definition) is 1. The second-order valence-electron chi connectivity index (χ2n) is 1.42. The Morgan fingerprint density at radius 1 is 1.44 bits per heavy atom. The predicted molar refractivity (Wildman–Crippen MR) is 27.1 cm³/mol. The highest BCUT2D eigenvalue weighted by molar-refractivity contribution is 4.64. The van der Waals surface area contributed by atoms with E-state index in [1.165, 1.54) is 6.08 Å². The lowest BCUT2D eigenvalue weighted by Crippen LogP contribution is -2.16. The Labute approximate surface area is 51.1 Å². The van der Waals surface area contributed by atoms with Crippen molar-refractivity contribution in [3.63, 3.8) is 0 Å². The molecule has 54 valence electrons. The SMILES string of the molecule is C=CCOCC(F)(F)F. The fourth-order valence-electron chi connectivity index (χ4n) is 0.258. The average Bonchev–Trinajstić information content (AvgIpc) is 1.63. The highest BCUT2D eigenvalue weighted by atomic mass is 19.4. The molecule has 0 atom stereocenters. The molecule has 0 aromatic carbocycles. The van der Waals surface area contributed by atoms with Crippen molar-refractivity contribution < 1.29 is 17.9 Å². The minimum atomic E-state index is -4.22. The molecule has 0 aliphatic heterocycles. The van der Waals surface area contributed by atoms with E-state index in [9.17, 15) is 13.2 Å². The van der Waals surface area contributed by atoms with Crippen molar-refractivity contribution in [2.24, 2.45) is 0 Å². The van der Waals surface area contributed by atoms with Crippen molar-refractivity contribution in [2.45, 2.75) is 6.18 Å². The van der Waals surface area contributed by atoms with Crippen LogP contribution in [0.1, 0.15) is 0 Å². The van der Waals surface area contributed by atoms with Gasteiger partial charge in [-0.15, -0.1) is 6.58 Å². The van der Waals surface area contributed by atoms with Gasteiger partial charge in [0.2, 0.25) is 0 Å². The second-order valence-corrected chi connectivity index (χ2v) is 1.42. The van der Waals surface area contributed by atoms with Gasteiger partial charge in [-0.25, -0.2) is 0 Å². The lowest BCUT2D eigenvalue weighted by molar-refractivity contribution is -0.171. The fourth-order valence-corrected chi connectivity index (χ4v) is 0.258. The van der Waals surface area contributed by atoms with E-state index in [1.54, 1.807) is 0 Å². The quantitative estimate of drug-likeness (QED) is 0.428. The first-order valence-corrected chi connectivity index (χ1v) is 2.31. The van der Waals surface area contributed by atoms with Crippen molar-refractivity contribution in [3.8, 4) is 0 Å². The fraction of sp³-hybridized carbons (Fsp3) is 0.600. The first-order chi connectivity index (χ1) is 4.06. The molecule has 0 bridgehead atoms. The predicted octanol–water partition coefficient (Wildman–Crippen LogP) is 1.75. The third-order valence-corrected chi connectivity index (χ3v) is 0.501. The standard InChI is InChI=1S/C5H7F3O/c1-2-3-9-4-5(6,7)8/h2H,1,3-4H2. The highest BCUT2D eigenvalue weighted by Crippen LogP contribution is 2.13. The van der Waals surface area contributed by atoms with Crippen molar-refractivity contribution in [1.82, 2.24) is 0 Å². The Hall–Kier alpha value is -0.510. The molecular formula is C5H7F3O. The molecule has 9 heavy (non-hydrogen) atoms. The van der Waals surface area contributed by atoms with E-state index >= 15 is 0 Å². The van der Waals surface area contributed by atoms with E-state index in [0.29, 0.717) is 0 Å². The summed E-state index contributed by atoms with van der Waals surface area (Å²) in [5.41, 5.74) is 0. The first-order valence-electron chi connectivity index (χ1n) is 2.31. The monoisotopic (exact) mass is 140 g/mol. The van der Waals surface area contributed by atoms with Crippen LogP contribution in [0.2, 0.25) is 0 Å². The molecule has 0 aromatic rings. The molecule has 0 fully saturated rings. The Balaban J connectivity index is 3.17. The zero-order valence-corrected chi connectivity index (χ0v) is 4.74. The van der Waals surface area contributed by atoms with Crippen molar-refractivity contribution in [1.29, 1.82) is 0 Å². The zero-order valence-electron chi connectivity index (χ0n) is 4.74. The summed E-state index contributed by atoms with van der Waals surface area (Å²) >= 11 is 0. The molecule has 0 saturated heterocycles. The third kappa shape index (κ3) is 7.49. The lowest BCUT2D eigenvalue weighted by Gasteiger charge is -2.04. The van der Waals surface area contributed by atoms with Crippen LogP contribution in [-0.2, 0) is 4.74 Å². The Bertz CT molecular complexity index is 86.7. The van der Waals surface area contributed by atoms with Crippen molar-refractivity contribution in [2.75, 3.05) is 13.2 Å². The van der Waals surface area contributed by atoms with Crippen LogP contribution in [0, 0.1) is 0 Å². The van der Waals surface area contributed by atoms with Crippen LogP contribution < -0.4 is 0 Å². The Morgan fingerprint density at radius 2 is 2.00 bits per heavy atom. The maximum atomic E-state index is 11.2. The van der Waals surface area contributed by atoms with Gasteiger partial charge in [0, 0.05) is 0 Å². The molecule has 0 aromatic heterocycles. The van der Waals surface area contributed by atoms with Gasteiger partial charge in [0.05, 0.1) is 6.61 Å². The third-order valence-electron chi connectivity index (χ3n) is 0.501. The molecule has 4 heteroatoms. The van der Waals surface area contributed by atoms with Gasteiger partial charge >= 0.3 is 6.18 Å². The van der Waals surface area contributed by atoms with Crippen LogP contribution in [-0.4, -0.2) is 19.4 Å². The number of rotatable bonds is 3.